The van der Waals surface area contributed by atoms with E-state index in [4.69, 9.17) is 0 Å². The predicted molar refractivity (Wildman–Crippen MR) is 85.7 cm³/mol. The minimum atomic E-state index is -0.121. The molecular formula is C16H25N5O2. The second kappa shape index (κ2) is 7.02. The van der Waals surface area contributed by atoms with E-state index in [0.717, 1.165) is 32.2 Å². The summed E-state index contributed by atoms with van der Waals surface area (Å²) in [4.78, 5) is 26.1. The summed E-state index contributed by atoms with van der Waals surface area (Å²) >= 11 is 0. The zero-order chi connectivity index (χ0) is 16.2. The molecule has 2 fully saturated rings. The Morgan fingerprint density at radius 1 is 1.48 bits per heavy atom. The number of amides is 3. The molecule has 1 saturated carbocycles. The van der Waals surface area contributed by atoms with Crippen LogP contribution in [0.25, 0.3) is 0 Å². The molecule has 2 aliphatic rings. The Kier molecular flexibility index (Phi) is 4.83. The fourth-order valence-electron chi connectivity index (χ4n) is 3.55. The Morgan fingerprint density at radius 2 is 2.30 bits per heavy atom. The van der Waals surface area contributed by atoms with E-state index in [1.54, 1.807) is 11.1 Å². The van der Waals surface area contributed by atoms with Gasteiger partial charge in [-0.25, -0.2) is 4.79 Å². The molecule has 0 unspecified atom stereocenters. The van der Waals surface area contributed by atoms with Gasteiger partial charge in [0, 0.05) is 31.5 Å². The van der Waals surface area contributed by atoms with Gasteiger partial charge in [0.2, 0.25) is 5.91 Å². The summed E-state index contributed by atoms with van der Waals surface area (Å²) in [5.41, 5.74) is 0. The normalized spacial score (nSPS) is 25.4. The number of urea groups is 1. The minimum Gasteiger partial charge on any atom is -0.350 e. The molecule has 1 saturated heterocycles. The van der Waals surface area contributed by atoms with Crippen molar-refractivity contribution in [2.75, 3.05) is 13.1 Å². The van der Waals surface area contributed by atoms with Gasteiger partial charge in [-0.05, 0) is 24.8 Å². The first-order chi connectivity index (χ1) is 11.1. The van der Waals surface area contributed by atoms with Crippen LogP contribution in [0.4, 0.5) is 4.79 Å². The molecule has 1 aliphatic heterocycles. The van der Waals surface area contributed by atoms with Crippen LogP contribution in [-0.2, 0) is 11.3 Å². The standard InChI is InChI=1S/C16H25N5O2/c1-12(10-20-8-4-7-18-20)9-17-16(23)21-11-15(22)19-13-5-2-3-6-14(13)21/h4,7-8,12-14H,2-3,5-6,9-11H2,1H3,(H,17,23)(H,19,22)/t12-,13+,14-/m1/s1. The van der Waals surface area contributed by atoms with Crippen LogP contribution in [0.15, 0.2) is 18.5 Å². The Labute approximate surface area is 136 Å². The molecule has 7 heteroatoms. The summed E-state index contributed by atoms with van der Waals surface area (Å²) in [6, 6.07) is 2.03. The molecule has 1 aliphatic carbocycles. The van der Waals surface area contributed by atoms with Gasteiger partial charge >= 0.3 is 6.03 Å². The third kappa shape index (κ3) is 3.83. The molecule has 7 nitrogen and oxygen atoms in total. The number of hydrogen-bond acceptors (Lipinski definition) is 3. The Bertz CT molecular complexity index is 545. The molecule has 3 amide bonds. The molecule has 23 heavy (non-hydrogen) atoms. The van der Waals surface area contributed by atoms with E-state index < -0.39 is 0 Å². The third-order valence-electron chi connectivity index (χ3n) is 4.71. The van der Waals surface area contributed by atoms with Crippen LogP contribution in [-0.4, -0.2) is 51.8 Å². The van der Waals surface area contributed by atoms with Crippen LogP contribution >= 0.6 is 0 Å². The molecule has 2 N–H and O–H groups in total. The molecule has 3 rings (SSSR count). The maximum Gasteiger partial charge on any atom is 0.318 e. The molecule has 1 aromatic heterocycles. The molecule has 0 spiro atoms. The summed E-state index contributed by atoms with van der Waals surface area (Å²) in [6.07, 6.45) is 7.85. The van der Waals surface area contributed by atoms with Crippen molar-refractivity contribution in [1.82, 2.24) is 25.3 Å². The lowest BCUT2D eigenvalue weighted by atomic mass is 9.87. The van der Waals surface area contributed by atoms with E-state index in [0.29, 0.717) is 6.54 Å². The number of fused-ring (bicyclic) bond motifs is 1. The van der Waals surface area contributed by atoms with Gasteiger partial charge < -0.3 is 15.5 Å². The molecule has 0 aromatic carbocycles. The second-order valence-corrected chi connectivity index (χ2v) is 6.67. The number of aromatic nitrogens is 2. The topological polar surface area (TPSA) is 79.3 Å². The highest BCUT2D eigenvalue weighted by Gasteiger charge is 2.38. The van der Waals surface area contributed by atoms with Crippen LogP contribution in [0.3, 0.4) is 0 Å². The van der Waals surface area contributed by atoms with Gasteiger partial charge in [0.25, 0.3) is 0 Å². The average molecular weight is 319 g/mol. The van der Waals surface area contributed by atoms with Gasteiger partial charge in [-0.15, -0.1) is 0 Å². The van der Waals surface area contributed by atoms with Gasteiger partial charge in [0.15, 0.2) is 0 Å². The van der Waals surface area contributed by atoms with Crippen LogP contribution in [0, 0.1) is 5.92 Å². The predicted octanol–water partition coefficient (Wildman–Crippen LogP) is 0.972. The van der Waals surface area contributed by atoms with Crippen molar-refractivity contribution < 1.29 is 9.59 Å². The van der Waals surface area contributed by atoms with E-state index >= 15 is 0 Å². The van der Waals surface area contributed by atoms with Crippen molar-refractivity contribution in [2.45, 2.75) is 51.2 Å². The highest BCUT2D eigenvalue weighted by molar-refractivity contribution is 5.86. The summed E-state index contributed by atoms with van der Waals surface area (Å²) < 4.78 is 1.86. The van der Waals surface area contributed by atoms with E-state index in [9.17, 15) is 9.59 Å². The number of carbonyl (C=O) groups is 2. The SMILES string of the molecule is C[C@H](CNC(=O)N1CC(=O)N[C@H]2CCCC[C@H]21)Cn1cccn1. The van der Waals surface area contributed by atoms with Crippen molar-refractivity contribution in [1.29, 1.82) is 0 Å². The van der Waals surface area contributed by atoms with E-state index in [-0.39, 0.29) is 36.5 Å². The van der Waals surface area contributed by atoms with Crippen LogP contribution in [0.5, 0.6) is 0 Å². The molecule has 126 valence electrons. The van der Waals surface area contributed by atoms with Crippen molar-refractivity contribution >= 4 is 11.9 Å². The summed E-state index contributed by atoms with van der Waals surface area (Å²) in [7, 11) is 0. The van der Waals surface area contributed by atoms with Crippen LogP contribution in [0.2, 0.25) is 0 Å². The first-order valence-corrected chi connectivity index (χ1v) is 8.45. The summed E-state index contributed by atoms with van der Waals surface area (Å²) in [6.45, 7) is 3.59. The maximum absolute atomic E-state index is 12.5. The van der Waals surface area contributed by atoms with Crippen molar-refractivity contribution in [3.8, 4) is 0 Å². The zero-order valence-corrected chi connectivity index (χ0v) is 13.6. The number of hydrogen-bond donors (Lipinski definition) is 2. The van der Waals surface area contributed by atoms with Gasteiger partial charge in [-0.1, -0.05) is 19.8 Å². The highest BCUT2D eigenvalue weighted by Crippen LogP contribution is 2.25. The van der Waals surface area contributed by atoms with Gasteiger partial charge in [-0.2, -0.15) is 5.10 Å². The number of piperazine rings is 1. The first kappa shape index (κ1) is 15.8. The van der Waals surface area contributed by atoms with Crippen molar-refractivity contribution in [3.63, 3.8) is 0 Å². The van der Waals surface area contributed by atoms with E-state index in [1.807, 2.05) is 16.9 Å². The number of carbonyl (C=O) groups excluding carboxylic acids is 2. The third-order valence-corrected chi connectivity index (χ3v) is 4.71. The second-order valence-electron chi connectivity index (χ2n) is 6.67. The zero-order valence-electron chi connectivity index (χ0n) is 13.6. The van der Waals surface area contributed by atoms with Gasteiger partial charge in [0.05, 0.1) is 6.04 Å². The van der Waals surface area contributed by atoms with Crippen molar-refractivity contribution in [2.24, 2.45) is 5.92 Å². The average Bonchev–Trinajstić information content (AvgIpc) is 3.04. The smallest absolute Gasteiger partial charge is 0.318 e. The fourth-order valence-corrected chi connectivity index (χ4v) is 3.55. The summed E-state index contributed by atoms with van der Waals surface area (Å²) in [5.74, 6) is 0.229. The maximum atomic E-state index is 12.5. The van der Waals surface area contributed by atoms with Crippen LogP contribution in [0.1, 0.15) is 32.6 Å². The molecule has 3 atom stereocenters. The lowest BCUT2D eigenvalue weighted by Crippen LogP contribution is -2.64. The molecule has 0 bridgehead atoms. The Hall–Kier alpha value is -2.05. The lowest BCUT2D eigenvalue weighted by Gasteiger charge is -2.43. The number of rotatable bonds is 4. The largest absolute Gasteiger partial charge is 0.350 e. The molecule has 0 radical (unpaired) electrons. The van der Waals surface area contributed by atoms with Crippen LogP contribution < -0.4 is 10.6 Å². The number of nitrogens with one attached hydrogen (secondary N) is 2. The highest BCUT2D eigenvalue weighted by atomic mass is 16.2. The molecular weight excluding hydrogens is 294 g/mol. The quantitative estimate of drug-likeness (QED) is 0.868. The number of nitrogens with zero attached hydrogens (tertiary/aromatic N) is 3. The first-order valence-electron chi connectivity index (χ1n) is 8.45. The van der Waals surface area contributed by atoms with Gasteiger partial charge in [-0.3, -0.25) is 9.48 Å². The summed E-state index contributed by atoms with van der Waals surface area (Å²) in [5, 5.41) is 10.2. The molecule has 1 aromatic rings. The minimum absolute atomic E-state index is 0.0483. The monoisotopic (exact) mass is 319 g/mol. The van der Waals surface area contributed by atoms with E-state index in [2.05, 4.69) is 22.7 Å². The van der Waals surface area contributed by atoms with E-state index in [1.165, 1.54) is 0 Å². The fraction of sp³-hybridized carbons (Fsp3) is 0.688. The van der Waals surface area contributed by atoms with Gasteiger partial charge in [0.1, 0.15) is 6.54 Å². The Balaban J connectivity index is 1.53. The molecule has 2 heterocycles. The lowest BCUT2D eigenvalue weighted by molar-refractivity contribution is -0.126. The Morgan fingerprint density at radius 3 is 3.09 bits per heavy atom. The van der Waals surface area contributed by atoms with Crippen molar-refractivity contribution in [3.05, 3.63) is 18.5 Å².